The van der Waals surface area contributed by atoms with Crippen molar-refractivity contribution in [2.24, 2.45) is 11.8 Å². The van der Waals surface area contributed by atoms with Crippen LogP contribution in [0.4, 0.5) is 4.39 Å². The van der Waals surface area contributed by atoms with E-state index in [0.717, 1.165) is 90.4 Å². The maximum absolute atomic E-state index is 12.2. The summed E-state index contributed by atoms with van der Waals surface area (Å²) in [6, 6.07) is 0. The number of unbranched alkanes of at least 4 members (excludes halogenated alkanes) is 14. The molecule has 10 amide bonds. The van der Waals surface area contributed by atoms with E-state index in [-0.39, 0.29) is 246 Å². The zero-order valence-electron chi connectivity index (χ0n) is 77.8. The molecule has 2 rings (SSSR count). The van der Waals surface area contributed by atoms with Crippen molar-refractivity contribution < 1.29 is 206 Å². The number of nitrogens with zero attached hydrogens (tertiary/aromatic N) is 8. The number of ketones is 4. The van der Waals surface area contributed by atoms with Crippen LogP contribution >= 0.6 is 28.3 Å². The quantitative estimate of drug-likeness (QED) is 0.00672. The van der Waals surface area contributed by atoms with Gasteiger partial charge in [0.05, 0.1) is 28.8 Å². The standard InChI is InChI=1S/C37H66N6O10.C37H65N6O10.C3H7.2C2H6N2.CH3F.Ag.3ClH.2Fe.HNO3.2Pt/c2*1-30(44)41(51)27-9-3-2-6-12-32(45)16-19-36(49)42(52)28-10-5-8-24-40-35(48)18-20-37(50)43(53)29-11-4-7-23-39-34(47)17-15-33(46)14-13-31-21-25-38-26-22-31;1-3-2;2*3-1-2-4;1-2;;;;;;;2-1(3)4;;/h31,38,51-53H,2-29H2,1H3,(H,39,47)(H,40,48);31,51-53H,2-29H2,1H3,(H,39,47)(H,40,48);3H,1-2H3;2*3-4H,1-2H2;1H3;;3*1H;;;(H,2,3,4);;/q;-1;+1;2*-2;;;;;;;;;+1;+2/p-3/i;;;;;1D;;;;;;;;;. The second-order valence-corrected chi connectivity index (χ2v) is 33.0. The molecule has 0 aliphatic carbocycles. The van der Waals surface area contributed by atoms with E-state index in [1.165, 1.54) is 13.8 Å². The number of halogens is 4. The molecule has 0 saturated carbocycles. The Morgan fingerprint density at radius 3 is 0.885 bits per heavy atom. The van der Waals surface area contributed by atoms with Gasteiger partial charge in [-0.2, -0.15) is 26.2 Å². The number of carbonyl (C=O) groups is 14. The van der Waals surface area contributed by atoms with Crippen LogP contribution in [-0.4, -0.2) is 279 Å². The number of alkyl halides is 1. The molecule has 2 saturated heterocycles. The van der Waals surface area contributed by atoms with Crippen molar-refractivity contribution in [2.45, 2.75) is 297 Å². The Hall–Kier alpha value is -4.07. The van der Waals surface area contributed by atoms with Gasteiger partial charge in [0, 0.05) is 239 Å². The van der Waals surface area contributed by atoms with Gasteiger partial charge in [0.1, 0.15) is 23.1 Å². The van der Waals surface area contributed by atoms with E-state index in [9.17, 15) is 103 Å². The van der Waals surface area contributed by atoms with Gasteiger partial charge in [-0.15, -0.1) is 23.2 Å². The summed E-state index contributed by atoms with van der Waals surface area (Å²) < 4.78 is 15.5. The van der Waals surface area contributed by atoms with Crippen molar-refractivity contribution in [3.63, 3.8) is 0 Å². The van der Waals surface area contributed by atoms with Crippen molar-refractivity contribution in [1.29, 1.82) is 0 Å². The predicted octanol–water partition coefficient (Wildman–Crippen LogP) is 13.4. The Morgan fingerprint density at radius 2 is 0.634 bits per heavy atom. The summed E-state index contributed by atoms with van der Waals surface area (Å²) in [7, 11) is 13.4. The minimum absolute atomic E-state index is 0. The molecule has 784 valence electrons. The van der Waals surface area contributed by atoms with Crippen LogP contribution in [0.1, 0.15) is 299 Å². The zero-order chi connectivity index (χ0) is 99.1. The van der Waals surface area contributed by atoms with E-state index in [2.05, 4.69) is 41.3 Å². The number of rotatable bonds is 64. The van der Waals surface area contributed by atoms with E-state index in [1.54, 1.807) is 18.8 Å². The van der Waals surface area contributed by atoms with Crippen LogP contribution in [0.15, 0.2) is 0 Å². The van der Waals surface area contributed by atoms with Gasteiger partial charge in [-0.05, 0) is 153 Å². The molecule has 0 aromatic carbocycles. The minimum atomic E-state index is -1.50. The average Bonchev–Trinajstić information content (AvgIpc) is 0.953. The van der Waals surface area contributed by atoms with Gasteiger partial charge in [-0.3, -0.25) is 103 Å². The molecule has 0 unspecified atom stereocenters. The van der Waals surface area contributed by atoms with Crippen LogP contribution in [0.2, 0.25) is 0 Å². The van der Waals surface area contributed by atoms with E-state index in [0.29, 0.717) is 197 Å². The largest absolute Gasteiger partial charge is 0.679 e. The summed E-state index contributed by atoms with van der Waals surface area (Å²) in [6.45, 7) is 13.9. The maximum Gasteiger partial charge on any atom is 0 e. The molecule has 40 nitrogen and oxygen atoms in total. The van der Waals surface area contributed by atoms with Crippen LogP contribution < -0.4 is 26.6 Å². The molecule has 1 radical (unpaired) electrons. The van der Waals surface area contributed by atoms with Crippen molar-refractivity contribution in [3.05, 3.63) is 44.8 Å². The Balaban J connectivity index is -0.000000224. The van der Waals surface area contributed by atoms with Crippen molar-refractivity contribution in [1.82, 2.24) is 57.0 Å². The van der Waals surface area contributed by atoms with Crippen LogP contribution in [0, 0.1) is 28.4 Å². The number of amides is 10. The number of hydrogen-bond donors (Lipinski definition) is 12. The van der Waals surface area contributed by atoms with Crippen molar-refractivity contribution >= 4 is 110 Å². The topological polar surface area (TPSA) is 613 Å². The molecule has 2 heterocycles. The predicted molar refractivity (Wildman–Crippen MR) is 477 cm³/mol. The fourth-order valence-corrected chi connectivity index (χ4v) is 11.7. The molecule has 0 atom stereocenters. The molecule has 2 fully saturated rings. The first-order chi connectivity index (χ1) is 61.6. The maximum atomic E-state index is 12.2. The van der Waals surface area contributed by atoms with E-state index < -0.39 is 64.2 Å². The van der Waals surface area contributed by atoms with Gasteiger partial charge in [-0.1, -0.05) is 38.5 Å². The Bertz CT molecular complexity index is 2720. The fraction of sp³-hybridized carbons (Fsp3) is 0.817. The molecular formula is C82H154AgCl3FFe2N17O23Pt2-4. The van der Waals surface area contributed by atoms with Gasteiger partial charge in [0.25, 0.3) is 5.09 Å². The van der Waals surface area contributed by atoms with Gasteiger partial charge >= 0.3 is 63.5 Å². The molecule has 0 bridgehead atoms. The van der Waals surface area contributed by atoms with Crippen molar-refractivity contribution in [3.8, 4) is 0 Å². The van der Waals surface area contributed by atoms with Crippen LogP contribution in [-0.2, 0) is 159 Å². The second-order valence-electron chi connectivity index (χ2n) is 29.7. The zero-order valence-corrected chi connectivity index (χ0v) is 87.3. The summed E-state index contributed by atoms with van der Waals surface area (Å²) in [5.74, 6) is -2.62. The summed E-state index contributed by atoms with van der Waals surface area (Å²) in [5, 5.41) is 94.7. The van der Waals surface area contributed by atoms with Crippen LogP contribution in [0.25, 0.3) is 28.3 Å². The van der Waals surface area contributed by atoms with Gasteiger partial charge in [0.2, 0.25) is 59.1 Å². The van der Waals surface area contributed by atoms with Gasteiger partial charge in [0.15, 0.2) is 0 Å². The molecule has 2 aliphatic heterocycles. The van der Waals surface area contributed by atoms with E-state index in [1.807, 2.05) is 20.3 Å². The number of nitrogens with one attached hydrogen (secondary N) is 9. The summed E-state index contributed by atoms with van der Waals surface area (Å²) >= 11 is 1.14. The Kier molecular flexibility index (Phi) is 123. The first-order valence-electron chi connectivity index (χ1n) is 44.6. The third kappa shape index (κ3) is 111. The average molecular weight is 2480 g/mol. The molecule has 49 heteroatoms. The molecule has 0 aromatic heterocycles. The summed E-state index contributed by atoms with van der Waals surface area (Å²) in [5.41, 5.74) is 25.1. The van der Waals surface area contributed by atoms with Crippen LogP contribution in [0.5, 0.6) is 0 Å². The minimum Gasteiger partial charge on any atom is -0.679 e. The smallest absolute Gasteiger partial charge is 0 e. The fourth-order valence-electron chi connectivity index (χ4n) is 11.7. The van der Waals surface area contributed by atoms with Gasteiger partial charge in [-0.25, -0.2) is 30.4 Å². The molecule has 0 spiro atoms. The summed E-state index contributed by atoms with van der Waals surface area (Å²) in [4.78, 5) is 175. The second kappa shape index (κ2) is 111. The number of carbonyl (C=O) groups excluding carboxylic acids is 14. The SMILES string of the molecule is CC(=O)N(O)CCCCCCC(=O)CCC(=O)N(O)CCCCCNC(=O)CCC(=O)N(O)CCCCCNC(=O)CCC(=O)CCC1CCNCC1.CC(=O)N(O)CCCCCCC(=O)CCC(=O)N(O)CCCCCNC(=O)CCC(=O)N(O)CCCCCNC(=O)CCC(=O)CCC1CC[N-]CC1.C[CH+]C.O=[N+]([O-])O.[2H]CF.[Ag].[Cl][Pt].[Cl][Pt][Cl].[Fe].[Fe].[NH-]CC[NH-].[NH-]CC[NH-]. The molecule has 131 heavy (non-hydrogen) atoms. The van der Waals surface area contributed by atoms with Gasteiger partial charge < -0.3 is 60.0 Å². The first-order valence-corrected chi connectivity index (χ1v) is 52.4. The van der Waals surface area contributed by atoms with Crippen LogP contribution in [0.3, 0.4) is 0 Å². The third-order valence-corrected chi connectivity index (χ3v) is 18.9. The molecular weight excluding hydrogens is 2330 g/mol. The number of Topliss-reactive ketones (excluding diaryl/α,β-unsaturated/α-hetero) is 4. The number of piperidine rings is 2. The Morgan fingerprint density at radius 1 is 0.427 bits per heavy atom. The third-order valence-electron chi connectivity index (χ3n) is 18.9. The monoisotopic (exact) mass is 2480 g/mol. The molecule has 0 aromatic rings. The Labute approximate surface area is 845 Å². The number of hydrogen-bond acceptors (Lipinski definition) is 23. The normalized spacial score (nSPS) is 11.6. The van der Waals surface area contributed by atoms with E-state index in [4.69, 9.17) is 58.5 Å². The van der Waals surface area contributed by atoms with Crippen molar-refractivity contribution in [2.75, 3.05) is 125 Å². The summed E-state index contributed by atoms with van der Waals surface area (Å²) in [6.07, 6.45) is 23.2. The number of hydroxylamine groups is 12. The first kappa shape index (κ1) is 145. The molecule has 16 N–H and O–H groups in total. The van der Waals surface area contributed by atoms with E-state index >= 15 is 0 Å². The molecule has 2 aliphatic rings.